The second-order valence-corrected chi connectivity index (χ2v) is 8.81. The molecule has 0 rings (SSSR count). The first kappa shape index (κ1) is 29.1. The average Bonchev–Trinajstić information content (AvgIpc) is 2.64. The van der Waals surface area contributed by atoms with Crippen molar-refractivity contribution in [1.82, 2.24) is 0 Å². The molecule has 0 spiro atoms. The standard InChI is InChI=1S/C16H34O3S.C4H6O4/c1-5-9-11-15(7-3)13-19-20(17,18)14-16(8-4)12-10-6-2;5-3(6)1-2-4(7)8/h15-16H,5-14H2,1-4H3;1-2H2,(H,5,6)(H,7,8). The second-order valence-electron chi connectivity index (χ2n) is 7.13. The van der Waals surface area contributed by atoms with E-state index >= 15 is 0 Å². The summed E-state index contributed by atoms with van der Waals surface area (Å²) in [4.78, 5) is 19.3. The molecule has 0 aromatic rings. The molecule has 0 amide bonds. The van der Waals surface area contributed by atoms with Crippen molar-refractivity contribution in [2.24, 2.45) is 11.8 Å². The fourth-order valence-corrected chi connectivity index (χ4v) is 4.02. The van der Waals surface area contributed by atoms with Gasteiger partial charge in [-0.15, -0.1) is 0 Å². The lowest BCUT2D eigenvalue weighted by Crippen LogP contribution is -2.21. The number of carboxylic acids is 2. The van der Waals surface area contributed by atoms with E-state index in [1.807, 2.05) is 0 Å². The third-order valence-electron chi connectivity index (χ3n) is 4.56. The van der Waals surface area contributed by atoms with Crippen molar-refractivity contribution in [3.63, 3.8) is 0 Å². The molecule has 2 atom stereocenters. The molecule has 0 fully saturated rings. The molecule has 28 heavy (non-hydrogen) atoms. The summed E-state index contributed by atoms with van der Waals surface area (Å²) in [5.74, 6) is -1.34. The van der Waals surface area contributed by atoms with Crippen LogP contribution in [0, 0.1) is 11.8 Å². The van der Waals surface area contributed by atoms with Crippen molar-refractivity contribution in [2.75, 3.05) is 12.4 Å². The molecule has 2 N–H and O–H groups in total. The third-order valence-corrected chi connectivity index (χ3v) is 5.94. The number of rotatable bonds is 16. The average molecular weight is 425 g/mol. The molecule has 0 aliphatic rings. The van der Waals surface area contributed by atoms with Crippen LogP contribution in [-0.2, 0) is 23.9 Å². The van der Waals surface area contributed by atoms with E-state index < -0.39 is 22.1 Å². The summed E-state index contributed by atoms with van der Waals surface area (Å²) in [5, 5.41) is 15.8. The van der Waals surface area contributed by atoms with Crippen molar-refractivity contribution < 1.29 is 32.4 Å². The van der Waals surface area contributed by atoms with Gasteiger partial charge in [0.1, 0.15) is 0 Å². The van der Waals surface area contributed by atoms with E-state index in [1.54, 1.807) is 0 Å². The molecule has 2 unspecified atom stereocenters. The highest BCUT2D eigenvalue weighted by atomic mass is 32.2. The van der Waals surface area contributed by atoms with Gasteiger partial charge in [-0.1, -0.05) is 66.2 Å². The highest BCUT2D eigenvalue weighted by Gasteiger charge is 2.20. The minimum atomic E-state index is -3.35. The van der Waals surface area contributed by atoms with Crippen LogP contribution < -0.4 is 0 Å². The number of carbonyl (C=O) groups is 2. The maximum atomic E-state index is 12.0. The van der Waals surface area contributed by atoms with Crippen LogP contribution >= 0.6 is 0 Å². The first-order chi connectivity index (χ1) is 13.1. The van der Waals surface area contributed by atoms with Crippen molar-refractivity contribution in [3.8, 4) is 0 Å². The van der Waals surface area contributed by atoms with Gasteiger partial charge in [-0.25, -0.2) is 0 Å². The van der Waals surface area contributed by atoms with E-state index in [2.05, 4.69) is 27.7 Å². The Balaban J connectivity index is 0. The van der Waals surface area contributed by atoms with Gasteiger partial charge >= 0.3 is 11.9 Å². The lowest BCUT2D eigenvalue weighted by atomic mass is 10.0. The first-order valence-electron chi connectivity index (χ1n) is 10.4. The van der Waals surface area contributed by atoms with Gasteiger partial charge in [-0.3, -0.25) is 13.8 Å². The van der Waals surface area contributed by atoms with Gasteiger partial charge in [0.15, 0.2) is 0 Å². The molecule has 0 aromatic carbocycles. The molecule has 168 valence electrons. The minimum absolute atomic E-state index is 0.188. The molecule has 0 radical (unpaired) electrons. The zero-order chi connectivity index (χ0) is 22.0. The summed E-state index contributed by atoms with van der Waals surface area (Å²) in [7, 11) is -3.35. The summed E-state index contributed by atoms with van der Waals surface area (Å²) in [6.07, 6.45) is 7.88. The minimum Gasteiger partial charge on any atom is -0.481 e. The zero-order valence-electron chi connectivity index (χ0n) is 18.0. The number of carboxylic acid groups (broad SMARTS) is 2. The Kier molecular flexibility index (Phi) is 18.6. The van der Waals surface area contributed by atoms with Crippen molar-refractivity contribution in [3.05, 3.63) is 0 Å². The van der Waals surface area contributed by atoms with Crippen LogP contribution in [0.2, 0.25) is 0 Å². The molecule has 0 heterocycles. The monoisotopic (exact) mass is 424 g/mol. The summed E-state index contributed by atoms with van der Waals surface area (Å²) < 4.78 is 29.3. The molecule has 0 aromatic heterocycles. The van der Waals surface area contributed by atoms with E-state index in [0.29, 0.717) is 12.5 Å². The predicted octanol–water partition coefficient (Wildman–Crippen LogP) is 4.70. The Hall–Kier alpha value is -1.15. The molecule has 0 saturated heterocycles. The second kappa shape index (κ2) is 17.9. The first-order valence-corrected chi connectivity index (χ1v) is 12.0. The summed E-state index contributed by atoms with van der Waals surface area (Å²) in [5.41, 5.74) is 0. The zero-order valence-corrected chi connectivity index (χ0v) is 18.8. The Morgan fingerprint density at radius 1 is 0.821 bits per heavy atom. The molecule has 0 bridgehead atoms. The van der Waals surface area contributed by atoms with Crippen LogP contribution in [0.4, 0.5) is 0 Å². The highest BCUT2D eigenvalue weighted by molar-refractivity contribution is 7.86. The van der Waals surface area contributed by atoms with Gasteiger partial charge in [0.05, 0.1) is 25.2 Å². The summed E-state index contributed by atoms with van der Waals surface area (Å²) >= 11 is 0. The van der Waals surface area contributed by atoms with Gasteiger partial charge < -0.3 is 10.2 Å². The van der Waals surface area contributed by atoms with E-state index in [0.717, 1.165) is 51.4 Å². The normalized spacial score (nSPS) is 13.3. The predicted molar refractivity (Wildman–Crippen MR) is 111 cm³/mol. The summed E-state index contributed by atoms with van der Waals surface area (Å²) in [6.45, 7) is 8.82. The fourth-order valence-electron chi connectivity index (χ4n) is 2.55. The third kappa shape index (κ3) is 19.6. The van der Waals surface area contributed by atoms with Crippen LogP contribution in [0.15, 0.2) is 0 Å². The van der Waals surface area contributed by atoms with E-state index in [4.69, 9.17) is 14.4 Å². The van der Waals surface area contributed by atoms with Crippen LogP contribution in [0.1, 0.15) is 91.9 Å². The Morgan fingerprint density at radius 2 is 1.25 bits per heavy atom. The summed E-state index contributed by atoms with van der Waals surface area (Å²) in [6, 6.07) is 0. The van der Waals surface area contributed by atoms with Crippen LogP contribution in [0.25, 0.3) is 0 Å². The Bertz CT molecular complexity index is 489. The molecule has 8 heteroatoms. The van der Waals surface area contributed by atoms with Crippen LogP contribution in [0.3, 0.4) is 0 Å². The maximum absolute atomic E-state index is 12.0. The Labute approximate surface area is 171 Å². The van der Waals surface area contributed by atoms with Gasteiger partial charge in [0.25, 0.3) is 10.1 Å². The van der Waals surface area contributed by atoms with Crippen molar-refractivity contribution in [2.45, 2.75) is 91.9 Å². The van der Waals surface area contributed by atoms with E-state index in [9.17, 15) is 18.0 Å². The smallest absolute Gasteiger partial charge is 0.303 e. The van der Waals surface area contributed by atoms with Crippen molar-refractivity contribution >= 4 is 22.1 Å². The molecule has 0 aliphatic heterocycles. The lowest BCUT2D eigenvalue weighted by Gasteiger charge is -2.17. The quantitative estimate of drug-likeness (QED) is 0.345. The van der Waals surface area contributed by atoms with Gasteiger partial charge in [0, 0.05) is 0 Å². The van der Waals surface area contributed by atoms with Crippen molar-refractivity contribution in [1.29, 1.82) is 0 Å². The molecular weight excluding hydrogens is 384 g/mol. The number of aliphatic carboxylic acids is 2. The largest absolute Gasteiger partial charge is 0.481 e. The highest BCUT2D eigenvalue weighted by Crippen LogP contribution is 2.18. The fraction of sp³-hybridized carbons (Fsp3) is 0.900. The Morgan fingerprint density at radius 3 is 1.61 bits per heavy atom. The maximum Gasteiger partial charge on any atom is 0.303 e. The van der Waals surface area contributed by atoms with Crippen LogP contribution in [0.5, 0.6) is 0 Å². The van der Waals surface area contributed by atoms with Gasteiger partial charge in [-0.05, 0) is 24.7 Å². The van der Waals surface area contributed by atoms with Crippen LogP contribution in [-0.4, -0.2) is 42.9 Å². The van der Waals surface area contributed by atoms with E-state index in [-0.39, 0.29) is 24.5 Å². The number of unbranched alkanes of at least 4 members (excludes halogenated alkanes) is 2. The number of hydrogen-bond acceptors (Lipinski definition) is 5. The van der Waals surface area contributed by atoms with E-state index in [1.165, 1.54) is 0 Å². The van der Waals surface area contributed by atoms with Gasteiger partial charge in [0.2, 0.25) is 0 Å². The molecule has 7 nitrogen and oxygen atoms in total. The number of hydrogen-bond donors (Lipinski definition) is 2. The molecular formula is C20H40O7S. The molecule has 0 saturated carbocycles. The SMILES string of the molecule is CCCCC(CC)COS(=O)(=O)CC(CC)CCCC.O=C(O)CCC(=O)O. The lowest BCUT2D eigenvalue weighted by molar-refractivity contribution is -0.143. The topological polar surface area (TPSA) is 118 Å². The molecule has 0 aliphatic carbocycles. The van der Waals surface area contributed by atoms with Gasteiger partial charge in [-0.2, -0.15) is 8.42 Å².